The van der Waals surface area contributed by atoms with Crippen LogP contribution in [0.15, 0.2) is 44.9 Å². The zero-order valence-corrected chi connectivity index (χ0v) is 15.2. The normalized spacial score (nSPS) is 19.9. The van der Waals surface area contributed by atoms with E-state index in [2.05, 4.69) is 24.2 Å². The second-order valence-electron chi connectivity index (χ2n) is 5.81. The van der Waals surface area contributed by atoms with Gasteiger partial charge in [0.05, 0.1) is 6.54 Å². The number of carbonyl (C=O) groups excluding carboxylic acids is 1. The summed E-state index contributed by atoms with van der Waals surface area (Å²) in [4.78, 5) is 16.9. The Balaban J connectivity index is 2.35. The topological polar surface area (TPSA) is 50.7 Å². The molecule has 0 fully saturated rings. The van der Waals surface area contributed by atoms with Crippen molar-refractivity contribution in [2.75, 3.05) is 20.3 Å². The van der Waals surface area contributed by atoms with Gasteiger partial charge in [-0.05, 0) is 36.9 Å². The highest BCUT2D eigenvalue weighted by molar-refractivity contribution is 8.02. The highest BCUT2D eigenvalue weighted by atomic mass is 32.2. The van der Waals surface area contributed by atoms with Crippen LogP contribution in [0, 0.1) is 11.7 Å². The van der Waals surface area contributed by atoms with Crippen molar-refractivity contribution in [1.82, 2.24) is 5.32 Å². The molecule has 7 heteroatoms. The van der Waals surface area contributed by atoms with E-state index in [1.54, 1.807) is 12.4 Å². The number of alkyl carbamates (subject to hydrolysis) is 1. The molecule has 2 rings (SSSR count). The maximum Gasteiger partial charge on any atom is 0.411 e. The SMILES string of the molecule is CC[N+]1(COC(=O)NC)C=NC(C(C)C)=C1Sc1cccc(F)c1. The van der Waals surface area contributed by atoms with E-state index in [1.807, 2.05) is 13.0 Å². The first kappa shape index (κ1) is 18.5. The molecule has 1 unspecified atom stereocenters. The number of allylic oxidation sites excluding steroid dienone is 1. The van der Waals surface area contributed by atoms with Gasteiger partial charge < -0.3 is 10.1 Å². The number of nitrogens with one attached hydrogen (secondary N) is 1. The third-order valence-electron chi connectivity index (χ3n) is 3.79. The van der Waals surface area contributed by atoms with Crippen LogP contribution < -0.4 is 5.32 Å². The van der Waals surface area contributed by atoms with Gasteiger partial charge in [0.2, 0.25) is 11.8 Å². The average Bonchev–Trinajstić information content (AvgIpc) is 2.92. The monoisotopic (exact) mass is 352 g/mol. The van der Waals surface area contributed by atoms with E-state index in [0.717, 1.165) is 15.6 Å². The Morgan fingerprint density at radius 2 is 2.21 bits per heavy atom. The number of thioether (sulfide) groups is 1. The largest absolute Gasteiger partial charge is 0.411 e. The van der Waals surface area contributed by atoms with Crippen LogP contribution in [0.3, 0.4) is 0 Å². The van der Waals surface area contributed by atoms with E-state index < -0.39 is 6.09 Å². The molecule has 1 aliphatic rings. The first-order chi connectivity index (χ1) is 11.4. The fraction of sp³-hybridized carbons (Fsp3) is 0.412. The van der Waals surface area contributed by atoms with Crippen LogP contribution >= 0.6 is 11.8 Å². The minimum atomic E-state index is -0.484. The van der Waals surface area contributed by atoms with Crippen LogP contribution in [-0.4, -0.2) is 37.2 Å². The number of hydrogen-bond donors (Lipinski definition) is 1. The van der Waals surface area contributed by atoms with Gasteiger partial charge in [-0.1, -0.05) is 19.9 Å². The van der Waals surface area contributed by atoms with Gasteiger partial charge in [-0.25, -0.2) is 18.7 Å². The Morgan fingerprint density at radius 1 is 1.46 bits per heavy atom. The molecular weight excluding hydrogens is 329 g/mol. The van der Waals surface area contributed by atoms with E-state index >= 15 is 0 Å². The molecule has 0 saturated heterocycles. The average molecular weight is 352 g/mol. The smallest absolute Gasteiger partial charge is 0.398 e. The van der Waals surface area contributed by atoms with E-state index in [0.29, 0.717) is 11.0 Å². The maximum absolute atomic E-state index is 13.5. The van der Waals surface area contributed by atoms with Crippen molar-refractivity contribution < 1.29 is 18.4 Å². The Kier molecular flexibility index (Phi) is 6.01. The van der Waals surface area contributed by atoms with Crippen molar-refractivity contribution in [1.29, 1.82) is 0 Å². The van der Waals surface area contributed by atoms with E-state index in [9.17, 15) is 9.18 Å². The molecule has 1 heterocycles. The molecule has 0 saturated carbocycles. The van der Waals surface area contributed by atoms with Gasteiger partial charge in [0.1, 0.15) is 11.5 Å². The lowest BCUT2D eigenvalue weighted by Gasteiger charge is -2.30. The molecule has 1 amide bonds. The predicted octanol–water partition coefficient (Wildman–Crippen LogP) is 3.94. The van der Waals surface area contributed by atoms with Crippen LogP contribution in [0.5, 0.6) is 0 Å². The third kappa shape index (κ3) is 3.96. The summed E-state index contributed by atoms with van der Waals surface area (Å²) in [6, 6.07) is 6.47. The lowest BCUT2D eigenvalue weighted by atomic mass is 10.1. The van der Waals surface area contributed by atoms with Crippen LogP contribution in [0.25, 0.3) is 0 Å². The summed E-state index contributed by atoms with van der Waals surface area (Å²) in [5.41, 5.74) is 0.937. The standard InChI is InChI=1S/C17H22FN3O2S/c1-5-21(11-23-17(22)19-4)10-20-15(12(2)3)16(21)24-14-8-6-7-13(18)9-14/h6-10,12H,5,11H2,1-4H3/p+1. The van der Waals surface area contributed by atoms with Gasteiger partial charge >= 0.3 is 6.09 Å². The number of hydrogen-bond acceptors (Lipinski definition) is 4. The van der Waals surface area contributed by atoms with Gasteiger partial charge in [0, 0.05) is 17.9 Å². The quantitative estimate of drug-likeness (QED) is 0.789. The molecule has 1 N–H and O–H groups in total. The zero-order valence-electron chi connectivity index (χ0n) is 14.4. The fourth-order valence-electron chi connectivity index (χ4n) is 2.34. The number of carbonyl (C=O) groups is 1. The van der Waals surface area contributed by atoms with Gasteiger partial charge in [0.15, 0.2) is 6.34 Å². The van der Waals surface area contributed by atoms with Crippen LogP contribution in [0.1, 0.15) is 20.8 Å². The Bertz CT molecular complexity index is 676. The number of nitrogens with zero attached hydrogens (tertiary/aromatic N) is 2. The minimum Gasteiger partial charge on any atom is -0.398 e. The molecule has 0 bridgehead atoms. The summed E-state index contributed by atoms with van der Waals surface area (Å²) in [7, 11) is 1.52. The van der Waals surface area contributed by atoms with Crippen molar-refractivity contribution in [2.24, 2.45) is 10.9 Å². The summed E-state index contributed by atoms with van der Waals surface area (Å²) in [5, 5.41) is 3.41. The zero-order chi connectivity index (χ0) is 17.7. The molecule has 1 aliphatic heterocycles. The Labute approximate surface area is 146 Å². The number of aliphatic imine (C=N–C) groups is 1. The van der Waals surface area contributed by atoms with E-state index in [-0.39, 0.29) is 18.5 Å². The highest BCUT2D eigenvalue weighted by Crippen LogP contribution is 2.41. The Morgan fingerprint density at radius 3 is 2.79 bits per heavy atom. The molecule has 0 aromatic heterocycles. The molecule has 5 nitrogen and oxygen atoms in total. The summed E-state index contributed by atoms with van der Waals surface area (Å²) in [5.74, 6) is -0.0642. The number of rotatable bonds is 6. The molecule has 0 aliphatic carbocycles. The summed E-state index contributed by atoms with van der Waals surface area (Å²) < 4.78 is 19.1. The second kappa shape index (κ2) is 7.81. The lowest BCUT2D eigenvalue weighted by molar-refractivity contribution is -0.803. The van der Waals surface area contributed by atoms with Gasteiger partial charge in [-0.15, -0.1) is 0 Å². The number of halogens is 1. The van der Waals surface area contributed by atoms with Gasteiger partial charge in [-0.2, -0.15) is 0 Å². The van der Waals surface area contributed by atoms with Crippen LogP contribution in [0.4, 0.5) is 9.18 Å². The number of benzene rings is 1. The molecule has 1 aromatic carbocycles. The summed E-state index contributed by atoms with van der Waals surface area (Å²) >= 11 is 1.47. The molecule has 1 aromatic rings. The van der Waals surface area contributed by atoms with Gasteiger partial charge in [-0.3, -0.25) is 0 Å². The number of amides is 1. The van der Waals surface area contributed by atoms with Crippen LogP contribution in [-0.2, 0) is 4.74 Å². The highest BCUT2D eigenvalue weighted by Gasteiger charge is 2.40. The van der Waals surface area contributed by atoms with Crippen LogP contribution in [0.2, 0.25) is 0 Å². The second-order valence-corrected chi connectivity index (χ2v) is 6.87. The lowest BCUT2D eigenvalue weighted by Crippen LogP contribution is -2.46. The van der Waals surface area contributed by atoms with Crippen molar-refractivity contribution in [3.05, 3.63) is 40.8 Å². The Hall–Kier alpha value is -1.86. The van der Waals surface area contributed by atoms with Crippen molar-refractivity contribution >= 4 is 24.2 Å². The minimum absolute atomic E-state index is 0.146. The first-order valence-corrected chi connectivity index (χ1v) is 8.68. The van der Waals surface area contributed by atoms with Crippen molar-refractivity contribution in [3.8, 4) is 0 Å². The number of ether oxygens (including phenoxy) is 1. The predicted molar refractivity (Wildman–Crippen MR) is 93.8 cm³/mol. The van der Waals surface area contributed by atoms with Crippen molar-refractivity contribution in [2.45, 2.75) is 25.7 Å². The molecule has 1 atom stereocenters. The summed E-state index contributed by atoms with van der Waals surface area (Å²) in [6.45, 7) is 6.96. The number of quaternary nitrogens is 1. The molecule has 0 spiro atoms. The van der Waals surface area contributed by atoms with E-state index in [1.165, 1.54) is 30.9 Å². The summed E-state index contributed by atoms with van der Waals surface area (Å²) in [6.07, 6.45) is 1.32. The molecule has 130 valence electrons. The molecule has 0 radical (unpaired) electrons. The molecule has 24 heavy (non-hydrogen) atoms. The third-order valence-corrected chi connectivity index (χ3v) is 5.05. The molecular formula is C17H23FN3O2S+. The van der Waals surface area contributed by atoms with E-state index in [4.69, 9.17) is 4.74 Å². The fourth-order valence-corrected chi connectivity index (χ4v) is 3.69. The first-order valence-electron chi connectivity index (χ1n) is 7.86. The van der Waals surface area contributed by atoms with Gasteiger partial charge in [0.25, 0.3) is 0 Å². The maximum atomic E-state index is 13.5. The van der Waals surface area contributed by atoms with Crippen molar-refractivity contribution in [3.63, 3.8) is 0 Å².